The number of hydrogen-bond donors (Lipinski definition) is 0. The first kappa shape index (κ1) is 8.11. The minimum absolute atomic E-state index is 0.844. The van der Waals surface area contributed by atoms with Gasteiger partial charge in [-0.2, -0.15) is 0 Å². The van der Waals surface area contributed by atoms with E-state index in [0.717, 1.165) is 16.9 Å². The molecule has 4 heteroatoms. The van der Waals surface area contributed by atoms with Gasteiger partial charge in [-0.3, -0.25) is 9.97 Å². The minimum atomic E-state index is 0.844. The molecule has 72 valence electrons. The van der Waals surface area contributed by atoms with Crippen molar-refractivity contribution in [2.45, 2.75) is 0 Å². The lowest BCUT2D eigenvalue weighted by atomic mass is 10.2. The van der Waals surface area contributed by atoms with E-state index in [4.69, 9.17) is 0 Å². The van der Waals surface area contributed by atoms with E-state index in [9.17, 15) is 0 Å². The number of nitrogens with zero attached hydrogens (tertiary/aromatic N) is 4. The largest absolute Gasteiger partial charge is 0.304 e. The van der Waals surface area contributed by atoms with Crippen molar-refractivity contribution in [3.8, 4) is 11.3 Å². The minimum Gasteiger partial charge on any atom is -0.304 e. The van der Waals surface area contributed by atoms with E-state index >= 15 is 0 Å². The smallest absolute Gasteiger partial charge is 0.155 e. The highest BCUT2D eigenvalue weighted by Gasteiger charge is 2.02. The summed E-state index contributed by atoms with van der Waals surface area (Å²) >= 11 is 0. The van der Waals surface area contributed by atoms with Crippen molar-refractivity contribution in [1.29, 1.82) is 0 Å². The maximum atomic E-state index is 4.44. The van der Waals surface area contributed by atoms with Gasteiger partial charge in [-0.1, -0.05) is 0 Å². The molecule has 0 saturated carbocycles. The summed E-state index contributed by atoms with van der Waals surface area (Å²) in [5.74, 6) is 0. The fraction of sp³-hybridized carbons (Fsp3) is 0. The lowest BCUT2D eigenvalue weighted by molar-refractivity contribution is 1.13. The molecule has 15 heavy (non-hydrogen) atoms. The molecule has 0 N–H and O–H groups in total. The van der Waals surface area contributed by atoms with Crippen LogP contribution in [-0.2, 0) is 0 Å². The second kappa shape index (κ2) is 3.16. The molecule has 3 heterocycles. The second-order valence-electron chi connectivity index (χ2n) is 3.21. The van der Waals surface area contributed by atoms with Crippen LogP contribution >= 0.6 is 0 Å². The molecule has 0 aromatic carbocycles. The Morgan fingerprint density at radius 1 is 1.07 bits per heavy atom. The summed E-state index contributed by atoms with van der Waals surface area (Å²) in [7, 11) is 0. The Bertz CT molecular complexity index is 553. The van der Waals surface area contributed by atoms with E-state index < -0.39 is 0 Å². The molecule has 0 spiro atoms. The van der Waals surface area contributed by atoms with Crippen LogP contribution in [0.2, 0.25) is 0 Å². The molecule has 0 aliphatic rings. The van der Waals surface area contributed by atoms with Gasteiger partial charge in [0.25, 0.3) is 0 Å². The van der Waals surface area contributed by atoms with Gasteiger partial charge in [0.05, 0.1) is 11.9 Å². The number of rotatable bonds is 1. The highest BCUT2D eigenvalue weighted by atomic mass is 15.0. The van der Waals surface area contributed by atoms with E-state index in [1.54, 1.807) is 24.8 Å². The zero-order valence-electron chi connectivity index (χ0n) is 7.91. The van der Waals surface area contributed by atoms with E-state index in [2.05, 4.69) is 15.0 Å². The summed E-state index contributed by atoms with van der Waals surface area (Å²) in [6.45, 7) is 0. The second-order valence-corrected chi connectivity index (χ2v) is 3.21. The van der Waals surface area contributed by atoms with Crippen molar-refractivity contribution >= 4 is 5.65 Å². The van der Waals surface area contributed by atoms with Crippen molar-refractivity contribution in [2.75, 3.05) is 0 Å². The molecule has 0 saturated heterocycles. The highest BCUT2D eigenvalue weighted by molar-refractivity contribution is 5.60. The summed E-state index contributed by atoms with van der Waals surface area (Å²) in [6.07, 6.45) is 10.9. The molecule has 3 aromatic heterocycles. The standard InChI is InChI=1S/C11H8N4/c1-2-9(6-12-3-1)10-8-15-5-4-13-7-11(15)14-10/h1-8H. The van der Waals surface area contributed by atoms with Crippen molar-refractivity contribution in [3.63, 3.8) is 0 Å². The summed E-state index contributed by atoms with van der Waals surface area (Å²) in [5.41, 5.74) is 2.77. The summed E-state index contributed by atoms with van der Waals surface area (Å²) in [6, 6.07) is 3.89. The lowest BCUT2D eigenvalue weighted by Crippen LogP contribution is -1.81. The predicted molar refractivity (Wildman–Crippen MR) is 56.2 cm³/mol. The van der Waals surface area contributed by atoms with Gasteiger partial charge in [-0.15, -0.1) is 0 Å². The van der Waals surface area contributed by atoms with Crippen LogP contribution in [0, 0.1) is 0 Å². The van der Waals surface area contributed by atoms with Gasteiger partial charge in [0.1, 0.15) is 0 Å². The average Bonchev–Trinajstić information content (AvgIpc) is 2.74. The fourth-order valence-electron chi connectivity index (χ4n) is 1.50. The molecule has 0 aliphatic carbocycles. The van der Waals surface area contributed by atoms with Crippen molar-refractivity contribution < 1.29 is 0 Å². The molecule has 0 aliphatic heterocycles. The third-order valence-corrected chi connectivity index (χ3v) is 2.22. The van der Waals surface area contributed by atoms with Crippen LogP contribution in [0.1, 0.15) is 0 Å². The van der Waals surface area contributed by atoms with Crippen molar-refractivity contribution in [2.24, 2.45) is 0 Å². The Labute approximate surface area is 86.3 Å². The molecule has 4 nitrogen and oxygen atoms in total. The normalized spacial score (nSPS) is 10.7. The van der Waals surface area contributed by atoms with Crippen LogP contribution in [0.4, 0.5) is 0 Å². The predicted octanol–water partition coefficient (Wildman–Crippen LogP) is 1.79. The number of aromatic nitrogens is 4. The van der Waals surface area contributed by atoms with Gasteiger partial charge >= 0.3 is 0 Å². The molecule has 0 amide bonds. The first-order valence-corrected chi connectivity index (χ1v) is 4.62. The Balaban J connectivity index is 2.21. The lowest BCUT2D eigenvalue weighted by Gasteiger charge is -1.91. The van der Waals surface area contributed by atoms with Crippen LogP contribution in [0.3, 0.4) is 0 Å². The fourth-order valence-corrected chi connectivity index (χ4v) is 1.50. The Morgan fingerprint density at radius 3 is 2.80 bits per heavy atom. The first-order chi connectivity index (χ1) is 7.43. The number of imidazole rings is 1. The molecule has 0 unspecified atom stereocenters. The van der Waals surface area contributed by atoms with E-state index in [1.165, 1.54) is 0 Å². The quantitative estimate of drug-likeness (QED) is 0.596. The summed E-state index contributed by atoms with van der Waals surface area (Å²) in [4.78, 5) is 12.5. The van der Waals surface area contributed by atoms with Crippen LogP contribution in [0.15, 0.2) is 49.3 Å². The first-order valence-electron chi connectivity index (χ1n) is 4.62. The molecule has 0 atom stereocenters. The SMILES string of the molecule is c1cncc(-c2cn3ccncc3n2)c1. The van der Waals surface area contributed by atoms with Crippen molar-refractivity contribution in [1.82, 2.24) is 19.4 Å². The summed E-state index contributed by atoms with van der Waals surface area (Å²) in [5, 5.41) is 0. The Morgan fingerprint density at radius 2 is 2.00 bits per heavy atom. The van der Waals surface area contributed by atoms with Gasteiger partial charge in [-0.25, -0.2) is 4.98 Å². The Kier molecular flexibility index (Phi) is 1.71. The van der Waals surface area contributed by atoms with Gasteiger partial charge in [-0.05, 0) is 12.1 Å². The van der Waals surface area contributed by atoms with Gasteiger partial charge in [0.2, 0.25) is 0 Å². The van der Waals surface area contributed by atoms with Crippen LogP contribution in [0.25, 0.3) is 16.9 Å². The maximum absolute atomic E-state index is 4.44. The zero-order valence-corrected chi connectivity index (χ0v) is 7.91. The molecular weight excluding hydrogens is 188 g/mol. The van der Waals surface area contributed by atoms with Gasteiger partial charge in [0.15, 0.2) is 5.65 Å². The molecule has 0 fully saturated rings. The third-order valence-electron chi connectivity index (χ3n) is 2.22. The third kappa shape index (κ3) is 1.36. The van der Waals surface area contributed by atoms with Gasteiger partial charge < -0.3 is 4.40 Å². The molecule has 3 rings (SSSR count). The average molecular weight is 196 g/mol. The molecule has 3 aromatic rings. The topological polar surface area (TPSA) is 43.1 Å². The van der Waals surface area contributed by atoms with E-state index in [0.29, 0.717) is 0 Å². The van der Waals surface area contributed by atoms with E-state index in [1.807, 2.05) is 28.9 Å². The molecule has 0 bridgehead atoms. The van der Waals surface area contributed by atoms with Crippen molar-refractivity contribution in [3.05, 3.63) is 49.3 Å². The summed E-state index contributed by atoms with van der Waals surface area (Å²) < 4.78 is 1.94. The maximum Gasteiger partial charge on any atom is 0.155 e. The Hall–Kier alpha value is -2.23. The van der Waals surface area contributed by atoms with Crippen LogP contribution < -0.4 is 0 Å². The molecular formula is C11H8N4. The zero-order chi connectivity index (χ0) is 10.1. The van der Waals surface area contributed by atoms with Crippen LogP contribution in [-0.4, -0.2) is 19.4 Å². The van der Waals surface area contributed by atoms with Crippen LogP contribution in [0.5, 0.6) is 0 Å². The molecule has 0 radical (unpaired) electrons. The van der Waals surface area contributed by atoms with E-state index in [-0.39, 0.29) is 0 Å². The van der Waals surface area contributed by atoms with Gasteiger partial charge in [0, 0.05) is 36.5 Å². The highest BCUT2D eigenvalue weighted by Crippen LogP contribution is 2.16. The number of pyridine rings is 1. The number of hydrogen-bond acceptors (Lipinski definition) is 3. The number of fused-ring (bicyclic) bond motifs is 1. The monoisotopic (exact) mass is 196 g/mol.